The molecule has 2 aromatic carbocycles. The number of aromatic nitrogens is 1. The number of hydrogen-bond acceptors (Lipinski definition) is 6. The number of amides is 1. The molecule has 1 amide bonds. The maximum absolute atomic E-state index is 12.6. The second-order valence-corrected chi connectivity index (χ2v) is 9.00. The molecule has 4 rings (SSSR count). The lowest BCUT2D eigenvalue weighted by molar-refractivity contribution is -0.117. The van der Waals surface area contributed by atoms with E-state index in [0.717, 1.165) is 48.8 Å². The summed E-state index contributed by atoms with van der Waals surface area (Å²) in [5.74, 6) is 0.522. The van der Waals surface area contributed by atoms with E-state index in [1.54, 1.807) is 24.5 Å². The number of nitrogens with zero attached hydrogens (tertiary/aromatic N) is 3. The minimum atomic E-state index is -0.0466. The molecule has 1 saturated heterocycles. The van der Waals surface area contributed by atoms with E-state index in [1.807, 2.05) is 19.1 Å². The SMILES string of the molecule is COc1cc(Cl)c(C)cc1NC(=O)CN1CCN(Cc2nc3ccccc3s2)CC1. The van der Waals surface area contributed by atoms with E-state index in [-0.39, 0.29) is 5.91 Å². The summed E-state index contributed by atoms with van der Waals surface area (Å²) < 4.78 is 6.57. The van der Waals surface area contributed by atoms with Crippen molar-refractivity contribution in [3.8, 4) is 5.75 Å². The summed E-state index contributed by atoms with van der Waals surface area (Å²) in [5, 5.41) is 4.72. The summed E-state index contributed by atoms with van der Waals surface area (Å²) in [7, 11) is 1.57. The molecule has 1 aromatic heterocycles. The summed E-state index contributed by atoms with van der Waals surface area (Å²) >= 11 is 7.90. The third kappa shape index (κ3) is 4.92. The number of aryl methyl sites for hydroxylation is 1. The van der Waals surface area contributed by atoms with Crippen LogP contribution in [0.5, 0.6) is 5.75 Å². The highest BCUT2D eigenvalue weighted by Gasteiger charge is 2.21. The second kappa shape index (κ2) is 9.31. The largest absolute Gasteiger partial charge is 0.495 e. The number of thiazole rings is 1. The molecule has 0 spiro atoms. The highest BCUT2D eigenvalue weighted by molar-refractivity contribution is 7.18. The predicted molar refractivity (Wildman–Crippen MR) is 123 cm³/mol. The van der Waals surface area contributed by atoms with Crippen LogP contribution in [0.2, 0.25) is 5.02 Å². The Morgan fingerprint density at radius 2 is 1.93 bits per heavy atom. The first-order valence-corrected chi connectivity index (χ1v) is 11.1. The van der Waals surface area contributed by atoms with Crippen LogP contribution in [0.15, 0.2) is 36.4 Å². The van der Waals surface area contributed by atoms with Gasteiger partial charge in [-0.05, 0) is 30.7 Å². The average Bonchev–Trinajstić information content (AvgIpc) is 3.14. The molecule has 1 N–H and O–H groups in total. The molecule has 1 aliphatic heterocycles. The van der Waals surface area contributed by atoms with E-state index in [0.29, 0.717) is 23.0 Å². The van der Waals surface area contributed by atoms with E-state index < -0.39 is 0 Å². The van der Waals surface area contributed by atoms with Crippen LogP contribution in [0, 0.1) is 6.92 Å². The van der Waals surface area contributed by atoms with Crippen LogP contribution >= 0.6 is 22.9 Å². The number of ether oxygens (including phenoxy) is 1. The molecule has 6 nitrogen and oxygen atoms in total. The molecule has 0 unspecified atom stereocenters. The predicted octanol–water partition coefficient (Wildman–Crippen LogP) is 4.02. The number of nitrogens with one attached hydrogen (secondary N) is 1. The zero-order valence-corrected chi connectivity index (χ0v) is 18.7. The van der Waals surface area contributed by atoms with Crippen LogP contribution in [-0.2, 0) is 11.3 Å². The maximum Gasteiger partial charge on any atom is 0.238 e. The smallest absolute Gasteiger partial charge is 0.238 e. The molecule has 158 valence electrons. The first kappa shape index (κ1) is 21.1. The fourth-order valence-electron chi connectivity index (χ4n) is 3.61. The molecular weight excluding hydrogens is 420 g/mol. The Morgan fingerprint density at radius 3 is 2.67 bits per heavy atom. The van der Waals surface area contributed by atoms with Crippen LogP contribution in [0.25, 0.3) is 10.2 Å². The Morgan fingerprint density at radius 1 is 1.20 bits per heavy atom. The van der Waals surface area contributed by atoms with E-state index in [1.165, 1.54) is 4.70 Å². The normalized spacial score (nSPS) is 15.4. The maximum atomic E-state index is 12.6. The molecule has 0 radical (unpaired) electrons. The zero-order chi connectivity index (χ0) is 21.1. The number of halogens is 1. The van der Waals surface area contributed by atoms with E-state index >= 15 is 0 Å². The molecule has 0 atom stereocenters. The Balaban J connectivity index is 1.28. The van der Waals surface area contributed by atoms with Crippen molar-refractivity contribution < 1.29 is 9.53 Å². The highest BCUT2D eigenvalue weighted by atomic mass is 35.5. The van der Waals surface area contributed by atoms with Crippen molar-refractivity contribution in [3.63, 3.8) is 0 Å². The van der Waals surface area contributed by atoms with Crippen molar-refractivity contribution in [2.75, 3.05) is 45.2 Å². The van der Waals surface area contributed by atoms with Gasteiger partial charge in [0.05, 0.1) is 36.1 Å². The van der Waals surface area contributed by atoms with Crippen LogP contribution in [0.4, 0.5) is 5.69 Å². The standard InChI is InChI=1S/C22H25ClN4O2S/c1-15-11-18(19(29-2)12-16(15)23)24-21(28)13-26-7-9-27(10-8-26)14-22-25-17-5-3-4-6-20(17)30-22/h3-6,11-12H,7-10,13-14H2,1-2H3,(H,24,28). The van der Waals surface area contributed by atoms with Gasteiger partial charge in [-0.2, -0.15) is 0 Å². The third-order valence-corrected chi connectivity index (χ3v) is 6.71. The van der Waals surface area contributed by atoms with Crippen LogP contribution in [-0.4, -0.2) is 60.5 Å². The monoisotopic (exact) mass is 444 g/mol. The first-order valence-electron chi connectivity index (χ1n) is 9.95. The Hall–Kier alpha value is -2.19. The van der Waals surface area contributed by atoms with E-state index in [2.05, 4.69) is 33.3 Å². The van der Waals surface area contributed by atoms with Crippen molar-refractivity contribution in [1.82, 2.24) is 14.8 Å². The lowest BCUT2D eigenvalue weighted by atomic mass is 10.2. The number of piperazine rings is 1. The molecular formula is C22H25ClN4O2S. The zero-order valence-electron chi connectivity index (χ0n) is 17.2. The number of carbonyl (C=O) groups excluding carboxylic acids is 1. The van der Waals surface area contributed by atoms with Gasteiger partial charge in [-0.3, -0.25) is 14.6 Å². The summed E-state index contributed by atoms with van der Waals surface area (Å²) in [6, 6.07) is 11.8. The molecule has 30 heavy (non-hydrogen) atoms. The quantitative estimate of drug-likeness (QED) is 0.622. The molecule has 0 saturated carbocycles. The molecule has 0 aliphatic carbocycles. The van der Waals surface area contributed by atoms with Gasteiger partial charge in [-0.15, -0.1) is 11.3 Å². The molecule has 2 heterocycles. The van der Waals surface area contributed by atoms with Gasteiger partial charge in [0, 0.05) is 37.3 Å². The number of hydrogen-bond donors (Lipinski definition) is 1. The lowest BCUT2D eigenvalue weighted by Crippen LogP contribution is -2.48. The minimum absolute atomic E-state index is 0.0466. The highest BCUT2D eigenvalue weighted by Crippen LogP contribution is 2.31. The minimum Gasteiger partial charge on any atom is -0.495 e. The number of methoxy groups -OCH3 is 1. The fraction of sp³-hybridized carbons (Fsp3) is 0.364. The van der Waals surface area contributed by atoms with Gasteiger partial charge < -0.3 is 10.1 Å². The molecule has 8 heteroatoms. The number of rotatable bonds is 6. The van der Waals surface area contributed by atoms with Gasteiger partial charge in [0.2, 0.25) is 5.91 Å². The number of para-hydroxylation sites is 1. The van der Waals surface area contributed by atoms with Gasteiger partial charge in [-0.25, -0.2) is 4.98 Å². The second-order valence-electron chi connectivity index (χ2n) is 7.48. The van der Waals surface area contributed by atoms with E-state index in [4.69, 9.17) is 21.3 Å². The van der Waals surface area contributed by atoms with Crippen molar-refractivity contribution in [1.29, 1.82) is 0 Å². The summed E-state index contributed by atoms with van der Waals surface area (Å²) in [6.45, 7) is 6.69. The van der Waals surface area contributed by atoms with Crippen LogP contribution in [0.1, 0.15) is 10.6 Å². The number of fused-ring (bicyclic) bond motifs is 1. The summed E-state index contributed by atoms with van der Waals surface area (Å²) in [5.41, 5.74) is 2.62. The Labute approximate surface area is 185 Å². The molecule has 1 aliphatic rings. The van der Waals surface area contributed by atoms with Gasteiger partial charge in [0.1, 0.15) is 10.8 Å². The van der Waals surface area contributed by atoms with Crippen molar-refractivity contribution in [2.24, 2.45) is 0 Å². The Bertz CT molecular complexity index is 1010. The van der Waals surface area contributed by atoms with Gasteiger partial charge in [0.25, 0.3) is 0 Å². The average molecular weight is 445 g/mol. The number of anilines is 1. The lowest BCUT2D eigenvalue weighted by Gasteiger charge is -2.33. The molecule has 3 aromatic rings. The summed E-state index contributed by atoms with van der Waals surface area (Å²) in [4.78, 5) is 21.9. The fourth-order valence-corrected chi connectivity index (χ4v) is 4.77. The van der Waals surface area contributed by atoms with Crippen LogP contribution < -0.4 is 10.1 Å². The summed E-state index contributed by atoms with van der Waals surface area (Å²) in [6.07, 6.45) is 0. The first-order chi connectivity index (χ1) is 14.5. The number of benzene rings is 2. The van der Waals surface area contributed by atoms with Crippen molar-refractivity contribution in [3.05, 3.63) is 52.0 Å². The molecule has 1 fully saturated rings. The van der Waals surface area contributed by atoms with Crippen molar-refractivity contribution >= 4 is 44.7 Å². The van der Waals surface area contributed by atoms with Gasteiger partial charge in [-0.1, -0.05) is 23.7 Å². The topological polar surface area (TPSA) is 57.7 Å². The molecule has 0 bridgehead atoms. The number of carbonyl (C=O) groups is 1. The van der Waals surface area contributed by atoms with Gasteiger partial charge >= 0.3 is 0 Å². The van der Waals surface area contributed by atoms with E-state index in [9.17, 15) is 4.79 Å². The Kier molecular flexibility index (Phi) is 6.53. The van der Waals surface area contributed by atoms with Gasteiger partial charge in [0.15, 0.2) is 0 Å². The van der Waals surface area contributed by atoms with Crippen LogP contribution in [0.3, 0.4) is 0 Å². The van der Waals surface area contributed by atoms with Crippen molar-refractivity contribution in [2.45, 2.75) is 13.5 Å². The third-order valence-electron chi connectivity index (χ3n) is 5.28.